The van der Waals surface area contributed by atoms with E-state index in [0.29, 0.717) is 23.8 Å². The van der Waals surface area contributed by atoms with E-state index in [1.54, 1.807) is 13.2 Å². The monoisotopic (exact) mass is 296 g/mol. The van der Waals surface area contributed by atoms with E-state index in [1.165, 1.54) is 0 Å². The van der Waals surface area contributed by atoms with Crippen LogP contribution in [0.15, 0.2) is 59.1 Å². The van der Waals surface area contributed by atoms with Crippen LogP contribution in [0.4, 0.5) is 5.88 Å². The van der Waals surface area contributed by atoms with E-state index in [1.807, 2.05) is 48.5 Å². The van der Waals surface area contributed by atoms with Crippen LogP contribution in [0.3, 0.4) is 0 Å². The Labute approximate surface area is 128 Å². The number of nitrogens with zero attached hydrogens (tertiary/aromatic N) is 1. The maximum atomic E-state index is 5.82. The van der Waals surface area contributed by atoms with Crippen LogP contribution in [-0.4, -0.2) is 12.3 Å². The minimum Gasteiger partial charge on any atom is -0.493 e. The van der Waals surface area contributed by atoms with Gasteiger partial charge in [-0.05, 0) is 23.8 Å². The molecule has 0 bridgehead atoms. The summed E-state index contributed by atoms with van der Waals surface area (Å²) in [4.78, 5) is 0. The number of rotatable bonds is 5. The predicted octanol–water partition coefficient (Wildman–Crippen LogP) is 3.51. The molecule has 3 rings (SSSR count). The maximum absolute atomic E-state index is 5.82. The van der Waals surface area contributed by atoms with Gasteiger partial charge in [0.2, 0.25) is 5.88 Å². The lowest BCUT2D eigenvalue weighted by molar-refractivity contribution is 0.284. The van der Waals surface area contributed by atoms with Crippen LogP contribution < -0.4 is 15.2 Å². The standard InChI is InChI=1S/C17H16N2O3/c1-20-16-9-13(14-10-17(18)22-19-14)7-8-15(16)21-11-12-5-3-2-4-6-12/h2-10H,11,18H2,1H3. The minimum atomic E-state index is 0.276. The molecule has 0 amide bonds. The van der Waals surface area contributed by atoms with Crippen molar-refractivity contribution in [3.05, 3.63) is 60.2 Å². The van der Waals surface area contributed by atoms with Crippen molar-refractivity contribution in [1.29, 1.82) is 0 Å². The molecule has 0 saturated heterocycles. The van der Waals surface area contributed by atoms with Gasteiger partial charge in [-0.3, -0.25) is 0 Å². The molecule has 2 N–H and O–H groups in total. The fourth-order valence-electron chi connectivity index (χ4n) is 2.11. The Hall–Kier alpha value is -2.95. The fraction of sp³-hybridized carbons (Fsp3) is 0.118. The fourth-order valence-corrected chi connectivity index (χ4v) is 2.11. The molecule has 0 unspecified atom stereocenters. The van der Waals surface area contributed by atoms with Crippen molar-refractivity contribution in [2.24, 2.45) is 0 Å². The van der Waals surface area contributed by atoms with Gasteiger partial charge in [-0.25, -0.2) is 0 Å². The van der Waals surface area contributed by atoms with Crippen LogP contribution in [0.5, 0.6) is 11.5 Å². The SMILES string of the molecule is COc1cc(-c2cc(N)on2)ccc1OCc1ccccc1. The summed E-state index contributed by atoms with van der Waals surface area (Å²) in [5.41, 5.74) is 8.15. The number of methoxy groups -OCH3 is 1. The third-order valence-electron chi connectivity index (χ3n) is 3.22. The summed E-state index contributed by atoms with van der Waals surface area (Å²) < 4.78 is 16.1. The number of anilines is 1. The van der Waals surface area contributed by atoms with Crippen molar-refractivity contribution >= 4 is 5.88 Å². The van der Waals surface area contributed by atoms with E-state index < -0.39 is 0 Å². The average molecular weight is 296 g/mol. The molecule has 3 aromatic rings. The lowest BCUT2D eigenvalue weighted by Crippen LogP contribution is -1.97. The van der Waals surface area contributed by atoms with E-state index in [4.69, 9.17) is 19.7 Å². The molecule has 0 spiro atoms. The van der Waals surface area contributed by atoms with Crippen LogP contribution >= 0.6 is 0 Å². The highest BCUT2D eigenvalue weighted by atomic mass is 16.5. The van der Waals surface area contributed by atoms with Crippen molar-refractivity contribution in [3.8, 4) is 22.8 Å². The second-order valence-corrected chi connectivity index (χ2v) is 4.75. The smallest absolute Gasteiger partial charge is 0.222 e. The van der Waals surface area contributed by atoms with Gasteiger partial charge in [-0.15, -0.1) is 0 Å². The molecular formula is C17H16N2O3. The molecule has 5 nitrogen and oxygen atoms in total. The Kier molecular flexibility index (Phi) is 3.96. The van der Waals surface area contributed by atoms with Crippen molar-refractivity contribution in [2.75, 3.05) is 12.8 Å². The molecule has 0 fully saturated rings. The first-order chi connectivity index (χ1) is 10.8. The zero-order valence-corrected chi connectivity index (χ0v) is 12.2. The molecule has 112 valence electrons. The summed E-state index contributed by atoms with van der Waals surface area (Å²) in [5.74, 6) is 1.58. The van der Waals surface area contributed by atoms with Gasteiger partial charge in [0, 0.05) is 11.6 Å². The van der Waals surface area contributed by atoms with Crippen LogP contribution in [-0.2, 0) is 6.61 Å². The molecule has 2 aromatic carbocycles. The zero-order valence-electron chi connectivity index (χ0n) is 12.2. The van der Waals surface area contributed by atoms with Crippen LogP contribution in [0.1, 0.15) is 5.56 Å². The van der Waals surface area contributed by atoms with Gasteiger partial charge in [0.1, 0.15) is 12.3 Å². The second kappa shape index (κ2) is 6.22. The van der Waals surface area contributed by atoms with Gasteiger partial charge in [0.25, 0.3) is 0 Å². The van der Waals surface area contributed by atoms with Crippen molar-refractivity contribution in [1.82, 2.24) is 5.16 Å². The summed E-state index contributed by atoms with van der Waals surface area (Å²) in [6.45, 7) is 0.480. The molecule has 1 aromatic heterocycles. The summed E-state index contributed by atoms with van der Waals surface area (Å²) in [5, 5.41) is 3.89. The number of nitrogens with two attached hydrogens (primary N) is 1. The zero-order chi connectivity index (χ0) is 15.4. The first-order valence-corrected chi connectivity index (χ1v) is 6.83. The minimum absolute atomic E-state index is 0.276. The van der Waals surface area contributed by atoms with Gasteiger partial charge in [-0.1, -0.05) is 35.5 Å². The summed E-state index contributed by atoms with van der Waals surface area (Å²) >= 11 is 0. The Morgan fingerprint density at radius 1 is 1.05 bits per heavy atom. The highest BCUT2D eigenvalue weighted by molar-refractivity contribution is 5.65. The van der Waals surface area contributed by atoms with Crippen molar-refractivity contribution < 1.29 is 14.0 Å². The number of ether oxygens (including phenoxy) is 2. The molecule has 0 saturated carbocycles. The largest absolute Gasteiger partial charge is 0.493 e. The van der Waals surface area contributed by atoms with Crippen LogP contribution in [0.2, 0.25) is 0 Å². The quantitative estimate of drug-likeness (QED) is 0.780. The molecule has 5 heteroatoms. The number of benzene rings is 2. The highest BCUT2D eigenvalue weighted by Crippen LogP contribution is 2.33. The van der Waals surface area contributed by atoms with Gasteiger partial charge in [0.05, 0.1) is 7.11 Å². The Morgan fingerprint density at radius 2 is 1.86 bits per heavy atom. The lowest BCUT2D eigenvalue weighted by Gasteiger charge is -2.11. The summed E-state index contributed by atoms with van der Waals surface area (Å²) in [6.07, 6.45) is 0. The van der Waals surface area contributed by atoms with Gasteiger partial charge >= 0.3 is 0 Å². The van der Waals surface area contributed by atoms with E-state index in [0.717, 1.165) is 11.1 Å². The molecule has 0 aliphatic heterocycles. The molecule has 0 radical (unpaired) electrons. The number of hydrogen-bond donors (Lipinski definition) is 1. The topological polar surface area (TPSA) is 70.5 Å². The highest BCUT2D eigenvalue weighted by Gasteiger charge is 2.10. The molecule has 22 heavy (non-hydrogen) atoms. The molecule has 0 aliphatic rings. The number of nitrogen functional groups attached to an aromatic ring is 1. The summed E-state index contributed by atoms with van der Waals surface area (Å²) in [6, 6.07) is 17.2. The number of aromatic nitrogens is 1. The van der Waals surface area contributed by atoms with E-state index in [2.05, 4.69) is 5.16 Å². The third-order valence-corrected chi connectivity index (χ3v) is 3.22. The Morgan fingerprint density at radius 3 is 2.55 bits per heavy atom. The van der Waals surface area contributed by atoms with Crippen LogP contribution in [0.25, 0.3) is 11.3 Å². The third kappa shape index (κ3) is 3.03. The molecule has 0 aliphatic carbocycles. The van der Waals surface area contributed by atoms with E-state index in [9.17, 15) is 0 Å². The van der Waals surface area contributed by atoms with E-state index in [-0.39, 0.29) is 5.88 Å². The first-order valence-electron chi connectivity index (χ1n) is 6.83. The number of hydrogen-bond acceptors (Lipinski definition) is 5. The Bertz CT molecular complexity index is 754. The average Bonchev–Trinajstić information content (AvgIpc) is 3.00. The van der Waals surface area contributed by atoms with E-state index >= 15 is 0 Å². The first kappa shape index (κ1) is 14.0. The van der Waals surface area contributed by atoms with Gasteiger partial charge in [0.15, 0.2) is 11.5 Å². The molecule has 0 atom stereocenters. The van der Waals surface area contributed by atoms with Crippen molar-refractivity contribution in [3.63, 3.8) is 0 Å². The maximum Gasteiger partial charge on any atom is 0.222 e. The van der Waals surface area contributed by atoms with Crippen molar-refractivity contribution in [2.45, 2.75) is 6.61 Å². The van der Waals surface area contributed by atoms with Gasteiger partial charge in [-0.2, -0.15) is 0 Å². The molecular weight excluding hydrogens is 280 g/mol. The Balaban J connectivity index is 1.80. The summed E-state index contributed by atoms with van der Waals surface area (Å²) in [7, 11) is 1.60. The predicted molar refractivity (Wildman–Crippen MR) is 83.7 cm³/mol. The second-order valence-electron chi connectivity index (χ2n) is 4.75. The normalized spacial score (nSPS) is 10.4. The molecule has 1 heterocycles. The van der Waals surface area contributed by atoms with Crippen LogP contribution in [0, 0.1) is 0 Å². The lowest BCUT2D eigenvalue weighted by atomic mass is 10.1. The van der Waals surface area contributed by atoms with Gasteiger partial charge < -0.3 is 19.7 Å².